The zero-order valence-corrected chi connectivity index (χ0v) is 14.0. The van der Waals surface area contributed by atoms with Crippen LogP contribution in [0.2, 0.25) is 5.02 Å². The Morgan fingerprint density at radius 1 is 1.25 bits per heavy atom. The monoisotopic (exact) mass is 339 g/mol. The van der Waals surface area contributed by atoms with Crippen molar-refractivity contribution in [2.45, 2.75) is 6.92 Å². The van der Waals surface area contributed by atoms with Gasteiger partial charge in [0.1, 0.15) is 17.4 Å². The molecule has 0 saturated carbocycles. The number of nitrogens with one attached hydrogen (secondary N) is 2. The average molecular weight is 340 g/mol. The maximum atomic E-state index is 6.14. The predicted molar refractivity (Wildman–Crippen MR) is 96.5 cm³/mol. The van der Waals surface area contributed by atoms with Crippen LogP contribution in [-0.2, 0) is 7.05 Å². The molecule has 0 amide bonds. The summed E-state index contributed by atoms with van der Waals surface area (Å²) in [5.41, 5.74) is 10.6. The molecule has 2 heterocycles. The molecule has 0 aliphatic heterocycles. The number of benzene rings is 2. The Labute approximate surface area is 143 Å². The summed E-state index contributed by atoms with van der Waals surface area (Å²) in [5, 5.41) is 4.92. The van der Waals surface area contributed by atoms with Crippen molar-refractivity contribution < 1.29 is 4.57 Å². The van der Waals surface area contributed by atoms with Crippen LogP contribution in [0.1, 0.15) is 5.82 Å². The second-order valence-corrected chi connectivity index (χ2v) is 6.16. The van der Waals surface area contributed by atoms with Crippen molar-refractivity contribution in [1.29, 1.82) is 0 Å². The fraction of sp³-hybridized carbons (Fsp3) is 0.118. The summed E-state index contributed by atoms with van der Waals surface area (Å²) >= 11 is 6.14. The van der Waals surface area contributed by atoms with Crippen LogP contribution in [0.15, 0.2) is 36.8 Å². The molecule has 0 aliphatic carbocycles. The quantitative estimate of drug-likeness (QED) is 0.387. The number of H-pyrrole nitrogens is 1. The normalized spacial score (nSPS) is 11.3. The second kappa shape index (κ2) is 5.35. The van der Waals surface area contributed by atoms with E-state index in [1.165, 1.54) is 0 Å². The summed E-state index contributed by atoms with van der Waals surface area (Å²) in [7, 11) is 1.98. The van der Waals surface area contributed by atoms with Gasteiger partial charge in [-0.1, -0.05) is 11.6 Å². The van der Waals surface area contributed by atoms with Crippen LogP contribution < -0.4 is 15.6 Å². The van der Waals surface area contributed by atoms with Crippen LogP contribution in [0.4, 0.5) is 17.1 Å². The molecule has 2 aromatic carbocycles. The number of rotatable bonds is 2. The molecule has 0 fully saturated rings. The van der Waals surface area contributed by atoms with E-state index in [-0.39, 0.29) is 0 Å². The molecule has 0 bridgehead atoms. The molecule has 7 heteroatoms. The minimum atomic E-state index is 0.508. The lowest BCUT2D eigenvalue weighted by molar-refractivity contribution is -0.679. The van der Waals surface area contributed by atoms with Gasteiger partial charge in [-0.2, -0.15) is 0 Å². The van der Waals surface area contributed by atoms with Gasteiger partial charge in [-0.05, 0) is 29.2 Å². The SMILES string of the molecule is Cc1nc2c(Nc3ccc(N)c(Cl)c3)c3nc[nH]c3cc2c[n+]1C. The van der Waals surface area contributed by atoms with Gasteiger partial charge in [-0.3, -0.25) is 0 Å². The Balaban J connectivity index is 1.97. The topological polar surface area (TPSA) is 83.5 Å². The highest BCUT2D eigenvalue weighted by Gasteiger charge is 2.18. The summed E-state index contributed by atoms with van der Waals surface area (Å²) in [5.74, 6) is 0.913. The first-order valence-electron chi connectivity index (χ1n) is 7.48. The molecule has 0 atom stereocenters. The number of aromatic amines is 1. The second-order valence-electron chi connectivity index (χ2n) is 5.75. The maximum Gasteiger partial charge on any atom is 0.295 e. The lowest BCUT2D eigenvalue weighted by Gasteiger charge is -2.10. The van der Waals surface area contributed by atoms with E-state index in [9.17, 15) is 0 Å². The van der Waals surface area contributed by atoms with E-state index in [2.05, 4.69) is 21.5 Å². The number of halogens is 1. The van der Waals surface area contributed by atoms with Crippen LogP contribution in [0.5, 0.6) is 0 Å². The van der Waals surface area contributed by atoms with Gasteiger partial charge in [0.05, 0.1) is 35.0 Å². The van der Waals surface area contributed by atoms with Crippen LogP contribution in [0.25, 0.3) is 21.9 Å². The van der Waals surface area contributed by atoms with Crippen LogP contribution in [0.3, 0.4) is 0 Å². The minimum Gasteiger partial charge on any atom is -0.398 e. The van der Waals surface area contributed by atoms with Crippen LogP contribution in [0, 0.1) is 6.92 Å². The Hall–Kier alpha value is -2.86. The predicted octanol–water partition coefficient (Wildman–Crippen LogP) is 3.22. The molecular formula is C17H16ClN6+. The molecule has 2 aromatic heterocycles. The molecule has 4 aromatic rings. The zero-order valence-electron chi connectivity index (χ0n) is 13.3. The van der Waals surface area contributed by atoms with Gasteiger partial charge < -0.3 is 16.0 Å². The van der Waals surface area contributed by atoms with E-state index < -0.39 is 0 Å². The van der Waals surface area contributed by atoms with E-state index in [4.69, 9.17) is 22.3 Å². The van der Waals surface area contributed by atoms with Gasteiger partial charge in [0.2, 0.25) is 5.52 Å². The van der Waals surface area contributed by atoms with Crippen molar-refractivity contribution in [3.05, 3.63) is 47.6 Å². The number of imidazole rings is 1. The molecule has 6 nitrogen and oxygen atoms in total. The Kier molecular flexibility index (Phi) is 3.28. The van der Waals surface area contributed by atoms with E-state index in [0.717, 1.165) is 39.1 Å². The maximum absolute atomic E-state index is 6.14. The Bertz CT molecular complexity index is 1090. The third-order valence-corrected chi connectivity index (χ3v) is 4.43. The van der Waals surface area contributed by atoms with Crippen molar-refractivity contribution in [3.63, 3.8) is 0 Å². The number of aromatic nitrogens is 4. The number of nitrogens with zero attached hydrogens (tertiary/aromatic N) is 3. The van der Waals surface area contributed by atoms with Gasteiger partial charge in [-0.25, -0.2) is 9.55 Å². The summed E-state index contributed by atoms with van der Waals surface area (Å²) in [6, 6.07) is 7.50. The fourth-order valence-corrected chi connectivity index (χ4v) is 2.90. The molecule has 4 rings (SSSR count). The van der Waals surface area contributed by atoms with E-state index in [1.807, 2.05) is 30.7 Å². The number of hydrogen-bond acceptors (Lipinski definition) is 4. The van der Waals surface area contributed by atoms with Crippen LogP contribution >= 0.6 is 11.6 Å². The summed E-state index contributed by atoms with van der Waals surface area (Å²) in [6.45, 7) is 1.97. The van der Waals surface area contributed by atoms with Crippen molar-refractivity contribution in [2.75, 3.05) is 11.1 Å². The van der Waals surface area contributed by atoms with Gasteiger partial charge in [0, 0.05) is 12.6 Å². The molecule has 4 N–H and O–H groups in total. The third-order valence-electron chi connectivity index (χ3n) is 4.10. The Morgan fingerprint density at radius 3 is 2.88 bits per heavy atom. The number of aryl methyl sites for hydroxylation is 2. The molecule has 0 radical (unpaired) electrons. The lowest BCUT2D eigenvalue weighted by atomic mass is 10.1. The molecule has 0 unspecified atom stereocenters. The number of hydrogen-bond donors (Lipinski definition) is 3. The first-order valence-corrected chi connectivity index (χ1v) is 7.86. The van der Waals surface area contributed by atoms with Crippen molar-refractivity contribution in [3.8, 4) is 0 Å². The smallest absolute Gasteiger partial charge is 0.295 e. The molecule has 24 heavy (non-hydrogen) atoms. The van der Waals surface area contributed by atoms with Gasteiger partial charge >= 0.3 is 0 Å². The molecule has 0 saturated heterocycles. The van der Waals surface area contributed by atoms with Crippen LogP contribution in [-0.4, -0.2) is 15.0 Å². The first-order chi connectivity index (χ1) is 11.5. The number of nitrogen functional groups attached to an aromatic ring is 1. The fourth-order valence-electron chi connectivity index (χ4n) is 2.72. The molecule has 0 spiro atoms. The van der Waals surface area contributed by atoms with E-state index >= 15 is 0 Å². The van der Waals surface area contributed by atoms with E-state index in [0.29, 0.717) is 10.7 Å². The van der Waals surface area contributed by atoms with E-state index in [1.54, 1.807) is 18.5 Å². The lowest BCUT2D eigenvalue weighted by Crippen LogP contribution is -2.32. The number of fused-ring (bicyclic) bond motifs is 2. The summed E-state index contributed by atoms with van der Waals surface area (Å²) in [4.78, 5) is 12.3. The summed E-state index contributed by atoms with van der Waals surface area (Å²) in [6.07, 6.45) is 3.73. The van der Waals surface area contributed by atoms with Gasteiger partial charge in [0.25, 0.3) is 5.82 Å². The number of anilines is 3. The highest BCUT2D eigenvalue weighted by atomic mass is 35.5. The minimum absolute atomic E-state index is 0.508. The molecular weight excluding hydrogens is 324 g/mol. The summed E-state index contributed by atoms with van der Waals surface area (Å²) < 4.78 is 1.99. The van der Waals surface area contributed by atoms with Crippen molar-refractivity contribution in [2.24, 2.45) is 7.05 Å². The van der Waals surface area contributed by atoms with Crippen molar-refractivity contribution >= 4 is 50.6 Å². The third kappa shape index (κ3) is 2.32. The zero-order chi connectivity index (χ0) is 16.8. The number of nitrogens with two attached hydrogens (primary N) is 1. The Morgan fingerprint density at radius 2 is 2.08 bits per heavy atom. The average Bonchev–Trinajstić information content (AvgIpc) is 3.01. The van der Waals surface area contributed by atoms with Gasteiger partial charge in [0.15, 0.2) is 0 Å². The molecule has 120 valence electrons. The highest BCUT2D eigenvalue weighted by molar-refractivity contribution is 6.33. The first kappa shape index (κ1) is 14.7. The largest absolute Gasteiger partial charge is 0.398 e. The molecule has 0 aliphatic rings. The van der Waals surface area contributed by atoms with Gasteiger partial charge in [-0.15, -0.1) is 0 Å². The highest BCUT2D eigenvalue weighted by Crippen LogP contribution is 2.33. The standard InChI is InChI=1S/C17H15ClN6/c1-9-22-15-10(7-24(9)2)5-14-16(21-8-20-14)17(15)23-11-3-4-13(19)12(18)6-11/h3-8,23H,19H2,1-2H3/p+1. The van der Waals surface area contributed by atoms with Crippen molar-refractivity contribution in [1.82, 2.24) is 15.0 Å².